The number of carbonyl (C=O) groups excluding carboxylic acids is 1. The van der Waals surface area contributed by atoms with Gasteiger partial charge in [0, 0.05) is 13.1 Å². The van der Waals surface area contributed by atoms with E-state index >= 15 is 0 Å². The number of amides is 1. The van der Waals surface area contributed by atoms with E-state index in [2.05, 4.69) is 26.1 Å². The highest BCUT2D eigenvalue weighted by molar-refractivity contribution is 9.10. The molecule has 21 heavy (non-hydrogen) atoms. The molecule has 1 fully saturated rings. The van der Waals surface area contributed by atoms with Crippen LogP contribution in [0.3, 0.4) is 0 Å². The van der Waals surface area contributed by atoms with E-state index in [9.17, 15) is 4.79 Å². The van der Waals surface area contributed by atoms with E-state index in [4.69, 9.17) is 16.3 Å². The fourth-order valence-corrected chi connectivity index (χ4v) is 3.00. The Morgan fingerprint density at radius 3 is 2.62 bits per heavy atom. The Kier molecular flexibility index (Phi) is 5.09. The van der Waals surface area contributed by atoms with Crippen molar-refractivity contribution >= 4 is 33.6 Å². The van der Waals surface area contributed by atoms with Crippen LogP contribution in [-0.4, -0.2) is 39.9 Å². The predicted molar refractivity (Wildman–Crippen MR) is 84.5 cm³/mol. The van der Waals surface area contributed by atoms with Gasteiger partial charge in [-0.1, -0.05) is 11.6 Å². The van der Waals surface area contributed by atoms with E-state index in [0.717, 1.165) is 22.9 Å². The van der Waals surface area contributed by atoms with Crippen molar-refractivity contribution in [1.29, 1.82) is 0 Å². The van der Waals surface area contributed by atoms with Gasteiger partial charge in [0.2, 0.25) is 0 Å². The first-order valence-electron chi connectivity index (χ1n) is 6.92. The molecule has 1 aromatic heterocycles. The zero-order chi connectivity index (χ0) is 15.6. The van der Waals surface area contributed by atoms with Crippen molar-refractivity contribution in [3.05, 3.63) is 21.4 Å². The van der Waals surface area contributed by atoms with E-state index in [-0.39, 0.29) is 6.09 Å². The first kappa shape index (κ1) is 16.5. The third kappa shape index (κ3) is 4.30. The van der Waals surface area contributed by atoms with Gasteiger partial charge in [0.1, 0.15) is 5.60 Å². The zero-order valence-corrected chi connectivity index (χ0v) is 14.7. The molecule has 116 valence electrons. The summed E-state index contributed by atoms with van der Waals surface area (Å²) in [6.07, 6.45) is 3.22. The summed E-state index contributed by atoms with van der Waals surface area (Å²) in [6, 6.07) is 0. The lowest BCUT2D eigenvalue weighted by atomic mass is 9.91. The van der Waals surface area contributed by atoms with Gasteiger partial charge in [-0.25, -0.2) is 4.79 Å². The molecule has 0 bridgehead atoms. The second-order valence-corrected chi connectivity index (χ2v) is 7.30. The number of carbonyl (C=O) groups is 1. The molecule has 1 aromatic rings. The number of halogens is 2. The standard InChI is InChI=1S/C14H19BrClN3O2/c1-14(2,3)21-13(20)19-6-4-9(5-7-19)10-8-17-18-12(16)11(10)15/h8-9H,4-7H2,1-3H3. The quantitative estimate of drug-likeness (QED) is 0.743. The second-order valence-electron chi connectivity index (χ2n) is 6.15. The Hall–Kier alpha value is -0.880. The fraction of sp³-hybridized carbons (Fsp3) is 0.643. The molecule has 0 aromatic carbocycles. The van der Waals surface area contributed by atoms with Gasteiger partial charge in [-0.05, 0) is 61.0 Å². The molecule has 1 saturated heterocycles. The Labute approximate surface area is 138 Å². The van der Waals surface area contributed by atoms with E-state index in [1.807, 2.05) is 20.8 Å². The summed E-state index contributed by atoms with van der Waals surface area (Å²) in [5.74, 6) is 0.325. The van der Waals surface area contributed by atoms with Crippen LogP contribution in [0.1, 0.15) is 45.1 Å². The van der Waals surface area contributed by atoms with Gasteiger partial charge >= 0.3 is 6.09 Å². The minimum atomic E-state index is -0.459. The SMILES string of the molecule is CC(C)(C)OC(=O)N1CCC(c2cnnc(Cl)c2Br)CC1. The third-order valence-electron chi connectivity index (χ3n) is 3.36. The number of rotatable bonds is 1. The number of ether oxygens (including phenoxy) is 1. The summed E-state index contributed by atoms with van der Waals surface area (Å²) in [5, 5.41) is 8.08. The molecule has 0 unspecified atom stereocenters. The van der Waals surface area contributed by atoms with Crippen LogP contribution in [0.25, 0.3) is 0 Å². The fourth-order valence-electron chi connectivity index (χ4n) is 2.35. The number of hydrogen-bond donors (Lipinski definition) is 0. The minimum absolute atomic E-state index is 0.245. The van der Waals surface area contributed by atoms with Crippen LogP contribution in [0, 0.1) is 0 Å². The predicted octanol–water partition coefficient (Wildman–Crippen LogP) is 4.01. The van der Waals surface area contributed by atoms with E-state index in [1.165, 1.54) is 0 Å². The highest BCUT2D eigenvalue weighted by atomic mass is 79.9. The highest BCUT2D eigenvalue weighted by Gasteiger charge is 2.28. The number of aromatic nitrogens is 2. The maximum Gasteiger partial charge on any atom is 0.410 e. The van der Waals surface area contributed by atoms with Gasteiger partial charge in [0.15, 0.2) is 5.15 Å². The number of piperidine rings is 1. The third-order valence-corrected chi connectivity index (χ3v) is 4.69. The number of likely N-dealkylation sites (tertiary alicyclic amines) is 1. The summed E-state index contributed by atoms with van der Waals surface area (Å²) >= 11 is 9.44. The van der Waals surface area contributed by atoms with Crippen molar-refractivity contribution in [3.8, 4) is 0 Å². The summed E-state index contributed by atoms with van der Waals surface area (Å²) < 4.78 is 6.20. The lowest BCUT2D eigenvalue weighted by molar-refractivity contribution is 0.0204. The maximum atomic E-state index is 12.0. The Morgan fingerprint density at radius 2 is 2.05 bits per heavy atom. The molecule has 0 saturated carbocycles. The van der Waals surface area contributed by atoms with Gasteiger partial charge in [-0.3, -0.25) is 0 Å². The molecule has 5 nitrogen and oxygen atoms in total. The van der Waals surface area contributed by atoms with E-state index < -0.39 is 5.60 Å². The van der Waals surface area contributed by atoms with Crippen molar-refractivity contribution < 1.29 is 9.53 Å². The molecule has 0 aliphatic carbocycles. The van der Waals surface area contributed by atoms with Gasteiger partial charge in [0.25, 0.3) is 0 Å². The van der Waals surface area contributed by atoms with Crippen molar-refractivity contribution in [1.82, 2.24) is 15.1 Å². The average molecular weight is 377 g/mol. The Bertz CT molecular complexity index is 525. The second kappa shape index (κ2) is 6.48. The molecular formula is C14H19BrClN3O2. The summed E-state index contributed by atoms with van der Waals surface area (Å²) in [4.78, 5) is 13.8. The van der Waals surface area contributed by atoms with Gasteiger partial charge in [-0.2, -0.15) is 5.10 Å². The first-order valence-corrected chi connectivity index (χ1v) is 8.09. The monoisotopic (exact) mass is 375 g/mol. The van der Waals surface area contributed by atoms with Crippen molar-refractivity contribution in [2.75, 3.05) is 13.1 Å². The van der Waals surface area contributed by atoms with Crippen LogP contribution in [0.4, 0.5) is 4.79 Å². The number of nitrogens with zero attached hydrogens (tertiary/aromatic N) is 3. The van der Waals surface area contributed by atoms with Crippen LogP contribution in [0.2, 0.25) is 5.15 Å². The van der Waals surface area contributed by atoms with E-state index in [1.54, 1.807) is 11.1 Å². The molecule has 2 heterocycles. The Morgan fingerprint density at radius 1 is 1.43 bits per heavy atom. The summed E-state index contributed by atoms with van der Waals surface area (Å²) in [5.41, 5.74) is 0.596. The number of hydrogen-bond acceptors (Lipinski definition) is 4. The van der Waals surface area contributed by atoms with Crippen LogP contribution < -0.4 is 0 Å². The molecule has 7 heteroatoms. The van der Waals surface area contributed by atoms with Crippen molar-refractivity contribution in [2.24, 2.45) is 0 Å². The molecule has 1 aliphatic heterocycles. The van der Waals surface area contributed by atoms with Crippen LogP contribution in [-0.2, 0) is 4.74 Å². The Balaban J connectivity index is 1.97. The van der Waals surface area contributed by atoms with Gasteiger partial charge < -0.3 is 9.64 Å². The van der Waals surface area contributed by atoms with Gasteiger partial charge in [0.05, 0.1) is 10.7 Å². The summed E-state index contributed by atoms with van der Waals surface area (Å²) in [6.45, 7) is 6.97. The normalized spacial score (nSPS) is 16.9. The lowest BCUT2D eigenvalue weighted by Gasteiger charge is -2.33. The average Bonchev–Trinajstić information content (AvgIpc) is 2.40. The minimum Gasteiger partial charge on any atom is -0.444 e. The molecule has 0 radical (unpaired) electrons. The van der Waals surface area contributed by atoms with Crippen molar-refractivity contribution in [3.63, 3.8) is 0 Å². The lowest BCUT2D eigenvalue weighted by Crippen LogP contribution is -2.41. The molecule has 1 aliphatic rings. The van der Waals surface area contributed by atoms with Crippen LogP contribution in [0.15, 0.2) is 10.7 Å². The van der Waals surface area contributed by atoms with E-state index in [0.29, 0.717) is 24.2 Å². The molecule has 2 rings (SSSR count). The molecule has 0 spiro atoms. The first-order chi connectivity index (χ1) is 9.78. The highest BCUT2D eigenvalue weighted by Crippen LogP contribution is 2.35. The van der Waals surface area contributed by atoms with Gasteiger partial charge in [-0.15, -0.1) is 5.10 Å². The summed E-state index contributed by atoms with van der Waals surface area (Å²) in [7, 11) is 0. The molecule has 0 N–H and O–H groups in total. The van der Waals surface area contributed by atoms with Crippen molar-refractivity contribution in [2.45, 2.75) is 45.1 Å². The molecule has 1 amide bonds. The molecular weight excluding hydrogens is 358 g/mol. The maximum absolute atomic E-state index is 12.0. The smallest absolute Gasteiger partial charge is 0.410 e. The topological polar surface area (TPSA) is 55.3 Å². The van der Waals surface area contributed by atoms with Crippen LogP contribution >= 0.6 is 27.5 Å². The van der Waals surface area contributed by atoms with Crippen LogP contribution in [0.5, 0.6) is 0 Å². The zero-order valence-electron chi connectivity index (χ0n) is 12.4. The largest absolute Gasteiger partial charge is 0.444 e. The molecule has 0 atom stereocenters.